The molecule has 0 heterocycles. The molecule has 0 spiro atoms. The lowest BCUT2D eigenvalue weighted by atomic mass is 10.4. The maximum Gasteiger partial charge on any atom is 0.214 e. The lowest BCUT2D eigenvalue weighted by Gasteiger charge is -2.13. The molecule has 1 unspecified atom stereocenters. The van der Waals surface area contributed by atoms with Gasteiger partial charge in [0.15, 0.2) is 0 Å². The van der Waals surface area contributed by atoms with E-state index < -0.39 is 25.1 Å². The molecular weight excluding hydrogens is 266 g/mol. The van der Waals surface area contributed by atoms with E-state index in [2.05, 4.69) is 4.72 Å². The molecule has 0 aliphatic heterocycles. The van der Waals surface area contributed by atoms with Gasteiger partial charge >= 0.3 is 0 Å². The van der Waals surface area contributed by atoms with Gasteiger partial charge in [-0.15, -0.1) is 0 Å². The van der Waals surface area contributed by atoms with E-state index in [0.29, 0.717) is 19.6 Å². The van der Waals surface area contributed by atoms with Gasteiger partial charge in [-0.25, -0.2) is 21.6 Å². The molecule has 1 atom stereocenters. The predicted molar refractivity (Wildman–Crippen MR) is 67.2 cm³/mol. The quantitative estimate of drug-likeness (QED) is 0.591. The van der Waals surface area contributed by atoms with Crippen molar-refractivity contribution in [3.8, 4) is 0 Å². The average Bonchev–Trinajstić information content (AvgIpc) is 2.20. The summed E-state index contributed by atoms with van der Waals surface area (Å²) >= 11 is 0. The minimum Gasteiger partial charge on any atom is -0.385 e. The lowest BCUT2D eigenvalue weighted by molar-refractivity contribution is 0.196. The monoisotopic (exact) mass is 287 g/mol. The van der Waals surface area contributed by atoms with E-state index in [4.69, 9.17) is 4.74 Å². The number of nitrogens with one attached hydrogen (secondary N) is 1. The van der Waals surface area contributed by atoms with Crippen LogP contribution < -0.4 is 4.72 Å². The Morgan fingerprint density at radius 1 is 1.24 bits per heavy atom. The molecular formula is C9H21NO5S2. The standard InChI is InChI=1S/C9H21NO5S2/c1-9(5-8-16(3,11)12)17(13,14)10-6-4-7-15-2/h9-10H,4-8H2,1-3H3. The first-order chi connectivity index (χ1) is 7.69. The van der Waals surface area contributed by atoms with Crippen molar-refractivity contribution in [1.29, 1.82) is 0 Å². The number of sulfonamides is 1. The first-order valence-corrected chi connectivity index (χ1v) is 8.95. The molecule has 0 aliphatic rings. The summed E-state index contributed by atoms with van der Waals surface area (Å²) < 4.78 is 52.4. The van der Waals surface area contributed by atoms with Crippen molar-refractivity contribution in [2.75, 3.05) is 32.3 Å². The molecule has 0 aromatic heterocycles. The third kappa shape index (κ3) is 8.53. The van der Waals surface area contributed by atoms with Crippen LogP contribution in [0.25, 0.3) is 0 Å². The largest absolute Gasteiger partial charge is 0.385 e. The minimum atomic E-state index is -3.43. The van der Waals surface area contributed by atoms with E-state index in [1.807, 2.05) is 0 Å². The molecule has 104 valence electrons. The molecule has 0 aromatic carbocycles. The van der Waals surface area contributed by atoms with Gasteiger partial charge in [0.1, 0.15) is 9.84 Å². The fourth-order valence-corrected chi connectivity index (χ4v) is 3.18. The molecule has 6 nitrogen and oxygen atoms in total. The van der Waals surface area contributed by atoms with Crippen LogP contribution in [0.2, 0.25) is 0 Å². The zero-order valence-corrected chi connectivity index (χ0v) is 12.1. The van der Waals surface area contributed by atoms with Gasteiger partial charge in [-0.05, 0) is 19.8 Å². The molecule has 0 radical (unpaired) electrons. The summed E-state index contributed by atoms with van der Waals surface area (Å²) in [6.45, 7) is 2.30. The summed E-state index contributed by atoms with van der Waals surface area (Å²) in [5.41, 5.74) is 0. The fraction of sp³-hybridized carbons (Fsp3) is 1.00. The average molecular weight is 287 g/mol. The van der Waals surface area contributed by atoms with Crippen molar-refractivity contribution in [3.05, 3.63) is 0 Å². The highest BCUT2D eigenvalue weighted by Gasteiger charge is 2.21. The Balaban J connectivity index is 4.12. The third-order valence-electron chi connectivity index (χ3n) is 2.25. The number of sulfone groups is 1. The van der Waals surface area contributed by atoms with E-state index in [9.17, 15) is 16.8 Å². The molecule has 0 saturated carbocycles. The van der Waals surface area contributed by atoms with Gasteiger partial charge < -0.3 is 4.74 Å². The van der Waals surface area contributed by atoms with Crippen molar-refractivity contribution >= 4 is 19.9 Å². The second-order valence-corrected chi connectivity index (χ2v) is 8.46. The van der Waals surface area contributed by atoms with E-state index in [1.54, 1.807) is 7.11 Å². The number of methoxy groups -OCH3 is 1. The van der Waals surface area contributed by atoms with Crippen molar-refractivity contribution in [1.82, 2.24) is 4.72 Å². The Hall–Kier alpha value is -0.180. The summed E-state index contributed by atoms with van der Waals surface area (Å²) in [5, 5.41) is -0.709. The molecule has 0 aromatic rings. The van der Waals surface area contributed by atoms with Crippen LogP contribution in [0.4, 0.5) is 0 Å². The third-order valence-corrected chi connectivity index (χ3v) is 5.13. The van der Waals surface area contributed by atoms with Crippen LogP contribution in [0.1, 0.15) is 19.8 Å². The number of rotatable bonds is 9. The second kappa shape index (κ2) is 7.30. The van der Waals surface area contributed by atoms with E-state index in [-0.39, 0.29) is 12.2 Å². The topological polar surface area (TPSA) is 89.5 Å². The van der Waals surface area contributed by atoms with Crippen LogP contribution in [0.15, 0.2) is 0 Å². The molecule has 0 fully saturated rings. The zero-order chi connectivity index (χ0) is 13.5. The Kier molecular flexibility index (Phi) is 7.22. The summed E-state index contributed by atoms with van der Waals surface area (Å²) in [6.07, 6.45) is 1.80. The summed E-state index contributed by atoms with van der Waals surface area (Å²) in [6, 6.07) is 0. The maximum atomic E-state index is 11.7. The smallest absolute Gasteiger partial charge is 0.214 e. The highest BCUT2D eigenvalue weighted by molar-refractivity contribution is 7.91. The summed E-state index contributed by atoms with van der Waals surface area (Å²) in [5.74, 6) is -0.118. The van der Waals surface area contributed by atoms with Gasteiger partial charge in [-0.1, -0.05) is 0 Å². The highest BCUT2D eigenvalue weighted by Crippen LogP contribution is 2.05. The van der Waals surface area contributed by atoms with E-state index in [1.165, 1.54) is 6.92 Å². The lowest BCUT2D eigenvalue weighted by Crippen LogP contribution is -2.34. The zero-order valence-electron chi connectivity index (χ0n) is 10.5. The Morgan fingerprint density at radius 2 is 1.82 bits per heavy atom. The van der Waals surface area contributed by atoms with E-state index in [0.717, 1.165) is 6.26 Å². The second-order valence-electron chi connectivity index (χ2n) is 4.01. The predicted octanol–water partition coefficient (Wildman–Crippen LogP) is -0.234. The van der Waals surface area contributed by atoms with Crippen molar-refractivity contribution < 1.29 is 21.6 Å². The molecule has 17 heavy (non-hydrogen) atoms. The van der Waals surface area contributed by atoms with Crippen molar-refractivity contribution in [2.24, 2.45) is 0 Å². The van der Waals surface area contributed by atoms with Crippen LogP contribution in [0.5, 0.6) is 0 Å². The number of hydrogen-bond acceptors (Lipinski definition) is 5. The highest BCUT2D eigenvalue weighted by atomic mass is 32.2. The van der Waals surface area contributed by atoms with Gasteiger partial charge in [0.2, 0.25) is 10.0 Å². The van der Waals surface area contributed by atoms with Crippen LogP contribution >= 0.6 is 0 Å². The van der Waals surface area contributed by atoms with Gasteiger partial charge in [0.25, 0.3) is 0 Å². The molecule has 0 aliphatic carbocycles. The Labute approximate surface area is 104 Å². The van der Waals surface area contributed by atoms with Gasteiger partial charge in [-0.3, -0.25) is 0 Å². The van der Waals surface area contributed by atoms with Crippen LogP contribution in [0, 0.1) is 0 Å². The number of ether oxygens (including phenoxy) is 1. The first-order valence-electron chi connectivity index (χ1n) is 5.34. The van der Waals surface area contributed by atoms with Crippen molar-refractivity contribution in [3.63, 3.8) is 0 Å². The molecule has 1 N–H and O–H groups in total. The maximum absolute atomic E-state index is 11.7. The molecule has 0 rings (SSSR count). The molecule has 0 amide bonds. The van der Waals surface area contributed by atoms with Gasteiger partial charge in [0.05, 0.1) is 11.0 Å². The number of hydrogen-bond donors (Lipinski definition) is 1. The normalized spacial score (nSPS) is 14.8. The first kappa shape index (κ1) is 16.8. The Morgan fingerprint density at radius 3 is 2.29 bits per heavy atom. The minimum absolute atomic E-state index is 0.110. The van der Waals surface area contributed by atoms with Crippen LogP contribution in [-0.4, -0.2) is 54.4 Å². The van der Waals surface area contributed by atoms with Gasteiger partial charge in [-0.2, -0.15) is 0 Å². The van der Waals surface area contributed by atoms with E-state index >= 15 is 0 Å². The summed E-state index contributed by atoms with van der Waals surface area (Å²) in [4.78, 5) is 0. The van der Waals surface area contributed by atoms with Crippen LogP contribution in [-0.2, 0) is 24.6 Å². The fourth-order valence-electron chi connectivity index (χ4n) is 1.11. The Bertz CT molecular complexity index is 401. The van der Waals surface area contributed by atoms with Crippen molar-refractivity contribution in [2.45, 2.75) is 25.0 Å². The van der Waals surface area contributed by atoms with Crippen LogP contribution in [0.3, 0.4) is 0 Å². The SMILES string of the molecule is COCCCNS(=O)(=O)C(C)CCS(C)(=O)=O. The van der Waals surface area contributed by atoms with Gasteiger partial charge in [0, 0.05) is 26.5 Å². The summed E-state index contributed by atoms with van der Waals surface area (Å²) in [7, 11) is -5.01. The molecule has 0 bridgehead atoms. The molecule has 0 saturated heterocycles. The molecule has 8 heteroatoms.